The highest BCUT2D eigenvalue weighted by atomic mass is 32.1. The van der Waals surface area contributed by atoms with Gasteiger partial charge in [0, 0.05) is 11.1 Å². The quantitative estimate of drug-likeness (QED) is 0.584. The Kier molecular flexibility index (Phi) is 5.43. The van der Waals surface area contributed by atoms with Crippen LogP contribution in [0.3, 0.4) is 0 Å². The minimum absolute atomic E-state index is 0.0255. The van der Waals surface area contributed by atoms with E-state index >= 15 is 0 Å². The lowest BCUT2D eigenvalue weighted by Gasteiger charge is -2.11. The molecule has 2 amide bonds. The maximum absolute atomic E-state index is 12.0. The fourth-order valence-corrected chi connectivity index (χ4v) is 2.11. The Hall–Kier alpha value is -2.73. The molecule has 0 atom stereocenters. The Labute approximate surface area is 140 Å². The summed E-state index contributed by atoms with van der Waals surface area (Å²) in [5, 5.41) is 2.53. The van der Waals surface area contributed by atoms with Gasteiger partial charge in [-0.25, -0.2) is 0 Å². The van der Waals surface area contributed by atoms with Crippen LogP contribution in [0.2, 0.25) is 0 Å². The number of amides is 2. The number of carbonyl (C=O) groups excluding carboxylic acids is 2. The van der Waals surface area contributed by atoms with Gasteiger partial charge in [-0.05, 0) is 50.3 Å². The second-order valence-electron chi connectivity index (χ2n) is 5.10. The molecule has 0 radical (unpaired) electrons. The highest BCUT2D eigenvalue weighted by Gasteiger charge is 2.09. The van der Waals surface area contributed by atoms with Crippen LogP contribution >= 0.6 is 12.2 Å². The van der Waals surface area contributed by atoms with Gasteiger partial charge in [0.15, 0.2) is 5.11 Å². The van der Waals surface area contributed by atoms with E-state index in [1.54, 1.807) is 36.4 Å². The molecule has 3 N–H and O–H groups in total. The molecule has 0 aliphatic carbocycles. The summed E-state index contributed by atoms with van der Waals surface area (Å²) in [4.78, 5) is 24.0. The molecule has 2 aromatic rings. The topological polar surface area (TPSA) is 70.2 Å². The monoisotopic (exact) mass is 327 g/mol. The molecule has 0 saturated carbocycles. The first-order valence-electron chi connectivity index (χ1n) is 7.01. The zero-order valence-corrected chi connectivity index (χ0v) is 13.7. The van der Waals surface area contributed by atoms with Crippen molar-refractivity contribution in [3.63, 3.8) is 0 Å². The lowest BCUT2D eigenvalue weighted by Crippen LogP contribution is -2.48. The molecule has 0 aliphatic heterocycles. The normalized spacial score (nSPS) is 9.83. The molecule has 0 heterocycles. The van der Waals surface area contributed by atoms with E-state index < -0.39 is 0 Å². The van der Waals surface area contributed by atoms with Crippen LogP contribution < -0.4 is 16.2 Å². The third-order valence-electron chi connectivity index (χ3n) is 3.08. The van der Waals surface area contributed by atoms with Crippen molar-refractivity contribution in [1.29, 1.82) is 0 Å². The van der Waals surface area contributed by atoms with E-state index in [0.29, 0.717) is 11.1 Å². The van der Waals surface area contributed by atoms with Gasteiger partial charge in [-0.1, -0.05) is 35.4 Å². The van der Waals surface area contributed by atoms with Gasteiger partial charge in [-0.15, -0.1) is 0 Å². The van der Waals surface area contributed by atoms with E-state index in [1.807, 2.05) is 26.0 Å². The predicted molar refractivity (Wildman–Crippen MR) is 93.0 cm³/mol. The molecule has 0 fully saturated rings. The average molecular weight is 327 g/mol. The van der Waals surface area contributed by atoms with Crippen molar-refractivity contribution in [1.82, 2.24) is 16.2 Å². The van der Waals surface area contributed by atoms with E-state index in [4.69, 9.17) is 12.2 Å². The number of hydrogen-bond donors (Lipinski definition) is 3. The van der Waals surface area contributed by atoms with Gasteiger partial charge in [0.2, 0.25) is 0 Å². The third kappa shape index (κ3) is 4.89. The first kappa shape index (κ1) is 16.6. The van der Waals surface area contributed by atoms with Gasteiger partial charge < -0.3 is 0 Å². The molecule has 2 aromatic carbocycles. The zero-order chi connectivity index (χ0) is 16.8. The number of rotatable bonds is 2. The van der Waals surface area contributed by atoms with Crippen LogP contribution in [0.25, 0.3) is 0 Å². The summed E-state index contributed by atoms with van der Waals surface area (Å²) in [6.45, 7) is 3.80. The van der Waals surface area contributed by atoms with Crippen molar-refractivity contribution in [2.24, 2.45) is 0 Å². The summed E-state index contributed by atoms with van der Waals surface area (Å²) >= 11 is 5.00. The molecule has 0 aliphatic rings. The van der Waals surface area contributed by atoms with Crippen molar-refractivity contribution in [2.75, 3.05) is 0 Å². The van der Waals surface area contributed by atoms with Crippen LogP contribution in [0.15, 0.2) is 48.5 Å². The van der Waals surface area contributed by atoms with Gasteiger partial charge in [0.1, 0.15) is 0 Å². The van der Waals surface area contributed by atoms with E-state index in [-0.39, 0.29) is 16.9 Å². The van der Waals surface area contributed by atoms with Crippen LogP contribution in [0.4, 0.5) is 0 Å². The molecular formula is C17H17N3O2S. The summed E-state index contributed by atoms with van der Waals surface area (Å²) < 4.78 is 0. The summed E-state index contributed by atoms with van der Waals surface area (Å²) in [6, 6.07) is 14.3. The second-order valence-corrected chi connectivity index (χ2v) is 5.51. The van der Waals surface area contributed by atoms with Crippen molar-refractivity contribution in [3.05, 3.63) is 70.8 Å². The van der Waals surface area contributed by atoms with Gasteiger partial charge >= 0.3 is 0 Å². The number of thiocarbonyl (C=S) groups is 1. The number of hydrogen-bond acceptors (Lipinski definition) is 3. The fraction of sp³-hybridized carbons (Fsp3) is 0.118. The first-order chi connectivity index (χ1) is 11.0. The molecule has 0 aromatic heterocycles. The molecule has 0 bridgehead atoms. The summed E-state index contributed by atoms with van der Waals surface area (Å²) in [5.41, 5.74) is 7.92. The maximum Gasteiger partial charge on any atom is 0.269 e. The smallest absolute Gasteiger partial charge is 0.269 e. The van der Waals surface area contributed by atoms with Crippen LogP contribution in [0.5, 0.6) is 0 Å². The predicted octanol–water partition coefficient (Wildman–Crippen LogP) is 2.25. The molecule has 0 spiro atoms. The van der Waals surface area contributed by atoms with Crippen molar-refractivity contribution < 1.29 is 9.59 Å². The minimum Gasteiger partial charge on any atom is -0.298 e. The summed E-state index contributed by atoms with van der Waals surface area (Å²) in [5.74, 6) is -0.670. The van der Waals surface area contributed by atoms with Gasteiger partial charge in [-0.2, -0.15) is 0 Å². The van der Waals surface area contributed by atoms with Crippen LogP contribution in [0, 0.1) is 13.8 Å². The Morgan fingerprint density at radius 2 is 1.35 bits per heavy atom. The van der Waals surface area contributed by atoms with E-state index in [2.05, 4.69) is 16.2 Å². The molecule has 118 valence electrons. The first-order valence-corrected chi connectivity index (χ1v) is 7.41. The Balaban J connectivity index is 1.88. The SMILES string of the molecule is Cc1cccc(C(=O)NNC(=S)NC(=O)c2cccc(C)c2)c1. The Morgan fingerprint density at radius 3 is 1.87 bits per heavy atom. The maximum atomic E-state index is 12.0. The van der Waals surface area contributed by atoms with Crippen molar-refractivity contribution >= 4 is 29.1 Å². The van der Waals surface area contributed by atoms with Crippen molar-refractivity contribution in [3.8, 4) is 0 Å². The van der Waals surface area contributed by atoms with Gasteiger partial charge in [-0.3, -0.25) is 25.8 Å². The number of benzene rings is 2. The summed E-state index contributed by atoms with van der Waals surface area (Å²) in [6.07, 6.45) is 0. The lowest BCUT2D eigenvalue weighted by molar-refractivity contribution is 0.0934. The van der Waals surface area contributed by atoms with E-state index in [0.717, 1.165) is 11.1 Å². The van der Waals surface area contributed by atoms with Crippen LogP contribution in [0.1, 0.15) is 31.8 Å². The number of carbonyl (C=O) groups is 2. The van der Waals surface area contributed by atoms with Crippen molar-refractivity contribution in [2.45, 2.75) is 13.8 Å². The van der Waals surface area contributed by atoms with Gasteiger partial charge in [0.25, 0.3) is 11.8 Å². The highest BCUT2D eigenvalue weighted by Crippen LogP contribution is 2.04. The fourth-order valence-electron chi connectivity index (χ4n) is 1.96. The van der Waals surface area contributed by atoms with Gasteiger partial charge in [0.05, 0.1) is 0 Å². The Bertz CT molecular complexity index is 759. The second kappa shape index (κ2) is 7.51. The minimum atomic E-state index is -0.337. The molecular weight excluding hydrogens is 310 g/mol. The lowest BCUT2D eigenvalue weighted by atomic mass is 10.1. The van der Waals surface area contributed by atoms with Crippen LogP contribution in [-0.4, -0.2) is 16.9 Å². The molecule has 0 saturated heterocycles. The number of aryl methyl sites for hydroxylation is 2. The number of hydrazine groups is 1. The van der Waals surface area contributed by atoms with E-state index in [9.17, 15) is 9.59 Å². The third-order valence-corrected chi connectivity index (χ3v) is 3.28. The molecule has 2 rings (SSSR count). The molecule has 23 heavy (non-hydrogen) atoms. The Morgan fingerprint density at radius 1 is 0.826 bits per heavy atom. The van der Waals surface area contributed by atoms with E-state index in [1.165, 1.54) is 0 Å². The van der Waals surface area contributed by atoms with Crippen LogP contribution in [-0.2, 0) is 0 Å². The molecule has 6 heteroatoms. The number of nitrogens with one attached hydrogen (secondary N) is 3. The highest BCUT2D eigenvalue weighted by molar-refractivity contribution is 7.80. The molecule has 0 unspecified atom stereocenters. The zero-order valence-electron chi connectivity index (χ0n) is 12.8. The average Bonchev–Trinajstić information content (AvgIpc) is 2.52. The standard InChI is InChI=1S/C17H17N3O2S/c1-11-5-3-7-13(9-11)15(21)18-17(23)20-19-16(22)14-8-4-6-12(2)10-14/h3-10H,1-2H3,(H,19,22)(H2,18,20,21,23). The molecule has 5 nitrogen and oxygen atoms in total. The largest absolute Gasteiger partial charge is 0.298 e. The summed E-state index contributed by atoms with van der Waals surface area (Å²) in [7, 11) is 0.